The third-order valence-corrected chi connectivity index (χ3v) is 4.10. The van der Waals surface area contributed by atoms with Gasteiger partial charge in [-0.2, -0.15) is 0 Å². The van der Waals surface area contributed by atoms with Crippen LogP contribution in [0.2, 0.25) is 0 Å². The monoisotopic (exact) mass is 387 g/mol. The zero-order chi connectivity index (χ0) is 20.8. The Bertz CT molecular complexity index is 1020. The van der Waals surface area contributed by atoms with Gasteiger partial charge in [-0.05, 0) is 61.5 Å². The highest BCUT2D eigenvalue weighted by atomic mass is 16.5. The minimum absolute atomic E-state index is 0.385. The van der Waals surface area contributed by atoms with E-state index in [1.807, 2.05) is 49.4 Å². The molecule has 0 spiro atoms. The van der Waals surface area contributed by atoms with Gasteiger partial charge in [-0.15, -0.1) is 0 Å². The lowest BCUT2D eigenvalue weighted by molar-refractivity contribution is -0.122. The first-order valence-corrected chi connectivity index (χ1v) is 9.06. The summed E-state index contributed by atoms with van der Waals surface area (Å²) in [5.41, 5.74) is 1.61. The van der Waals surface area contributed by atoms with Gasteiger partial charge < -0.3 is 9.47 Å². The summed E-state index contributed by atoms with van der Waals surface area (Å²) in [4.78, 5) is 24.7. The van der Waals surface area contributed by atoms with Gasteiger partial charge in [-0.1, -0.05) is 30.3 Å². The van der Waals surface area contributed by atoms with Gasteiger partial charge in [-0.25, -0.2) is 4.90 Å². The fourth-order valence-corrected chi connectivity index (χ4v) is 2.70. The largest absolute Gasteiger partial charge is 0.457 e. The number of hydrogen-bond acceptors (Lipinski definition) is 4. The van der Waals surface area contributed by atoms with Crippen LogP contribution in [-0.4, -0.2) is 11.8 Å². The number of aryl methyl sites for hydroxylation is 1. The first kappa shape index (κ1) is 19.9. The van der Waals surface area contributed by atoms with Crippen LogP contribution >= 0.6 is 0 Å². The van der Waals surface area contributed by atoms with E-state index in [0.717, 1.165) is 22.3 Å². The average Bonchev–Trinajstić information content (AvgIpc) is 2.71. The third kappa shape index (κ3) is 5.11. The molecule has 5 nitrogen and oxygen atoms in total. The summed E-state index contributed by atoms with van der Waals surface area (Å²) in [6, 6.07) is 21.8. The van der Waals surface area contributed by atoms with E-state index < -0.39 is 5.91 Å². The van der Waals surface area contributed by atoms with Gasteiger partial charge in [0.1, 0.15) is 23.0 Å². The molecule has 3 rings (SSSR count). The van der Waals surface area contributed by atoms with E-state index in [1.54, 1.807) is 30.3 Å². The zero-order valence-corrected chi connectivity index (χ0v) is 16.3. The summed E-state index contributed by atoms with van der Waals surface area (Å²) in [7, 11) is 0. The highest BCUT2D eigenvalue weighted by molar-refractivity contribution is 6.17. The van der Waals surface area contributed by atoms with Gasteiger partial charge >= 0.3 is 0 Å². The molecular formula is C24H21NO4. The van der Waals surface area contributed by atoms with Gasteiger partial charge in [0.25, 0.3) is 5.91 Å². The maximum absolute atomic E-state index is 11.9. The molecular weight excluding hydrogens is 366 g/mol. The number of anilines is 1. The summed E-state index contributed by atoms with van der Waals surface area (Å²) < 4.78 is 11.7. The van der Waals surface area contributed by atoms with Crippen molar-refractivity contribution in [2.75, 3.05) is 4.90 Å². The lowest BCUT2D eigenvalue weighted by Gasteiger charge is -2.17. The van der Waals surface area contributed by atoms with Crippen molar-refractivity contribution >= 4 is 17.5 Å². The van der Waals surface area contributed by atoms with E-state index in [4.69, 9.17) is 9.47 Å². The van der Waals surface area contributed by atoms with Crippen molar-refractivity contribution < 1.29 is 19.1 Å². The first-order valence-electron chi connectivity index (χ1n) is 9.06. The molecule has 0 aliphatic heterocycles. The van der Waals surface area contributed by atoms with E-state index in [2.05, 4.69) is 6.58 Å². The Balaban J connectivity index is 1.73. The molecule has 0 saturated carbocycles. The second kappa shape index (κ2) is 8.89. The SMILES string of the molecule is C=CC(=O)N(C(C)=O)c1ccc(Oc2cccc(Oc3ccc(C)cc3)c2)cc1. The summed E-state index contributed by atoms with van der Waals surface area (Å²) in [6.07, 6.45) is 1.10. The molecule has 0 radical (unpaired) electrons. The number of benzene rings is 3. The van der Waals surface area contributed by atoms with Crippen molar-refractivity contribution in [2.24, 2.45) is 0 Å². The fourth-order valence-electron chi connectivity index (χ4n) is 2.70. The van der Waals surface area contributed by atoms with Crippen molar-refractivity contribution in [3.63, 3.8) is 0 Å². The number of ether oxygens (including phenoxy) is 2. The van der Waals surface area contributed by atoms with Gasteiger partial charge in [0.15, 0.2) is 0 Å². The molecule has 0 aromatic heterocycles. The van der Waals surface area contributed by atoms with Crippen molar-refractivity contribution in [2.45, 2.75) is 13.8 Å². The normalized spacial score (nSPS) is 10.1. The fraction of sp³-hybridized carbons (Fsp3) is 0.0833. The lowest BCUT2D eigenvalue weighted by atomic mass is 10.2. The first-order chi connectivity index (χ1) is 14.0. The number of rotatable bonds is 6. The molecule has 0 heterocycles. The Hall–Kier alpha value is -3.86. The molecule has 0 aliphatic carbocycles. The molecule has 5 heteroatoms. The van der Waals surface area contributed by atoms with Crippen molar-refractivity contribution in [1.82, 2.24) is 0 Å². The smallest absolute Gasteiger partial charge is 0.257 e. The topological polar surface area (TPSA) is 55.8 Å². The summed E-state index contributed by atoms with van der Waals surface area (Å²) in [6.45, 7) is 6.77. The molecule has 0 saturated heterocycles. The maximum atomic E-state index is 11.9. The van der Waals surface area contributed by atoms with E-state index in [1.165, 1.54) is 6.92 Å². The molecule has 3 aromatic rings. The Morgan fingerprint density at radius 1 is 0.828 bits per heavy atom. The van der Waals surface area contributed by atoms with E-state index >= 15 is 0 Å². The van der Waals surface area contributed by atoms with E-state index in [9.17, 15) is 9.59 Å². The minimum atomic E-state index is -0.480. The molecule has 0 bridgehead atoms. The van der Waals surface area contributed by atoms with Crippen molar-refractivity contribution in [1.29, 1.82) is 0 Å². The molecule has 3 aromatic carbocycles. The summed E-state index contributed by atoms with van der Waals surface area (Å²) in [5, 5.41) is 0. The number of nitrogens with zero attached hydrogens (tertiary/aromatic N) is 1. The lowest BCUT2D eigenvalue weighted by Crippen LogP contribution is -2.33. The van der Waals surface area contributed by atoms with Crippen LogP contribution in [-0.2, 0) is 9.59 Å². The van der Waals surface area contributed by atoms with Crippen LogP contribution in [0.3, 0.4) is 0 Å². The van der Waals surface area contributed by atoms with Gasteiger partial charge in [0, 0.05) is 13.0 Å². The van der Waals surface area contributed by atoms with Crippen LogP contribution in [0.5, 0.6) is 23.0 Å². The highest BCUT2D eigenvalue weighted by Crippen LogP contribution is 2.29. The number of hydrogen-bond donors (Lipinski definition) is 0. The van der Waals surface area contributed by atoms with Crippen LogP contribution in [0, 0.1) is 6.92 Å². The second-order valence-corrected chi connectivity index (χ2v) is 6.38. The Kier molecular flexibility index (Phi) is 6.09. The molecule has 0 fully saturated rings. The van der Waals surface area contributed by atoms with E-state index in [-0.39, 0.29) is 5.91 Å². The Labute approximate surface area is 169 Å². The molecule has 0 aliphatic rings. The Morgan fingerprint density at radius 2 is 1.34 bits per heavy atom. The molecule has 0 atom stereocenters. The van der Waals surface area contributed by atoms with Crippen LogP contribution in [0.25, 0.3) is 0 Å². The summed E-state index contributed by atoms with van der Waals surface area (Å²) in [5.74, 6) is 1.70. The summed E-state index contributed by atoms with van der Waals surface area (Å²) >= 11 is 0. The second-order valence-electron chi connectivity index (χ2n) is 6.38. The minimum Gasteiger partial charge on any atom is -0.457 e. The molecule has 0 unspecified atom stereocenters. The maximum Gasteiger partial charge on any atom is 0.257 e. The van der Waals surface area contributed by atoms with Crippen molar-refractivity contribution in [3.05, 3.63) is 91.0 Å². The molecule has 0 N–H and O–H groups in total. The van der Waals surface area contributed by atoms with Gasteiger partial charge in [0.2, 0.25) is 5.91 Å². The number of carbonyl (C=O) groups excluding carboxylic acids is 2. The average molecular weight is 387 g/mol. The van der Waals surface area contributed by atoms with Crippen LogP contribution < -0.4 is 14.4 Å². The third-order valence-electron chi connectivity index (χ3n) is 4.10. The molecule has 146 valence electrons. The standard InChI is InChI=1S/C24H21NO4/c1-4-24(27)25(18(3)26)19-10-14-21(15-11-19)29-23-7-5-6-22(16-23)28-20-12-8-17(2)9-13-20/h4-16H,1H2,2-3H3. The number of imide groups is 1. The quantitative estimate of drug-likeness (QED) is 0.513. The predicted molar refractivity (Wildman–Crippen MR) is 113 cm³/mol. The van der Waals surface area contributed by atoms with Crippen LogP contribution in [0.4, 0.5) is 5.69 Å². The van der Waals surface area contributed by atoms with E-state index in [0.29, 0.717) is 22.9 Å². The number of amides is 2. The predicted octanol–water partition coefficient (Wildman–Crippen LogP) is 5.65. The molecule has 29 heavy (non-hydrogen) atoms. The highest BCUT2D eigenvalue weighted by Gasteiger charge is 2.17. The van der Waals surface area contributed by atoms with Crippen molar-refractivity contribution in [3.8, 4) is 23.0 Å². The van der Waals surface area contributed by atoms with Gasteiger partial charge in [0.05, 0.1) is 5.69 Å². The van der Waals surface area contributed by atoms with Gasteiger partial charge in [-0.3, -0.25) is 9.59 Å². The zero-order valence-electron chi connectivity index (χ0n) is 16.3. The molecule has 2 amide bonds. The number of carbonyl (C=O) groups is 2. The Morgan fingerprint density at radius 3 is 1.83 bits per heavy atom. The van der Waals surface area contributed by atoms with Crippen LogP contribution in [0.15, 0.2) is 85.5 Å². The van der Waals surface area contributed by atoms with Crippen LogP contribution in [0.1, 0.15) is 12.5 Å².